The number of hydrogen-bond donors (Lipinski definition) is 3. The molecule has 0 aliphatic carbocycles. The Kier molecular flexibility index (Phi) is 2.73. The number of nitrogens with one attached hydrogen (secondary N) is 2. The molecule has 8 heteroatoms. The molecule has 3 rings (SSSR count). The highest BCUT2D eigenvalue weighted by Gasteiger charge is 2.33. The first-order valence-electron chi connectivity index (χ1n) is 6.52. The number of nitrogens with two attached hydrogens (primary N) is 1. The fourth-order valence-corrected chi connectivity index (χ4v) is 2.47. The van der Waals surface area contributed by atoms with E-state index in [1.54, 1.807) is 6.07 Å². The van der Waals surface area contributed by atoms with Crippen LogP contribution >= 0.6 is 0 Å². The number of nitrogens with zero attached hydrogens (tertiary/aromatic N) is 4. The minimum Gasteiger partial charge on any atom is -0.387 e. The van der Waals surface area contributed by atoms with Crippen LogP contribution in [0.25, 0.3) is 5.65 Å². The highest BCUT2D eigenvalue weighted by Crippen LogP contribution is 2.32. The number of hydrogen-bond acceptors (Lipinski definition) is 5. The van der Waals surface area contributed by atoms with E-state index in [9.17, 15) is 4.79 Å². The fraction of sp³-hybridized carbons (Fsp3) is 0.500. The molecular formula is C12H17N7O. The van der Waals surface area contributed by atoms with E-state index in [1.165, 1.54) is 10.7 Å². The first kappa shape index (κ1) is 12.6. The SMILES string of the molecule is CC1(C(=N)N)CCN(c2cc3n[nH]c(=O)n3cn2)CC1. The summed E-state index contributed by atoms with van der Waals surface area (Å²) < 4.78 is 1.37. The quantitative estimate of drug-likeness (QED) is 0.525. The molecule has 0 unspecified atom stereocenters. The lowest BCUT2D eigenvalue weighted by Gasteiger charge is -2.39. The van der Waals surface area contributed by atoms with E-state index in [2.05, 4.69) is 20.1 Å². The average molecular weight is 275 g/mol. The number of fused-ring (bicyclic) bond motifs is 1. The largest absolute Gasteiger partial charge is 0.387 e. The third-order valence-corrected chi connectivity index (χ3v) is 4.14. The van der Waals surface area contributed by atoms with Crippen molar-refractivity contribution in [1.29, 1.82) is 5.41 Å². The van der Waals surface area contributed by atoms with Gasteiger partial charge in [-0.1, -0.05) is 6.92 Å². The van der Waals surface area contributed by atoms with Crippen LogP contribution in [0.3, 0.4) is 0 Å². The van der Waals surface area contributed by atoms with Crippen molar-refractivity contribution in [1.82, 2.24) is 19.6 Å². The monoisotopic (exact) mass is 275 g/mol. The molecule has 1 aliphatic heterocycles. The molecule has 8 nitrogen and oxygen atoms in total. The lowest BCUT2D eigenvalue weighted by atomic mass is 9.79. The van der Waals surface area contributed by atoms with Crippen molar-refractivity contribution in [2.24, 2.45) is 11.1 Å². The van der Waals surface area contributed by atoms with Crippen LogP contribution in [-0.4, -0.2) is 38.5 Å². The summed E-state index contributed by atoms with van der Waals surface area (Å²) in [4.78, 5) is 17.8. The highest BCUT2D eigenvalue weighted by atomic mass is 16.1. The second-order valence-corrected chi connectivity index (χ2v) is 5.47. The number of aromatic nitrogens is 4. The predicted octanol–water partition coefficient (Wildman–Crippen LogP) is -0.0399. The van der Waals surface area contributed by atoms with Crippen molar-refractivity contribution < 1.29 is 0 Å². The molecule has 0 spiro atoms. The first-order valence-corrected chi connectivity index (χ1v) is 6.52. The zero-order chi connectivity index (χ0) is 14.3. The van der Waals surface area contributed by atoms with Gasteiger partial charge in [0.15, 0.2) is 5.65 Å². The Morgan fingerprint density at radius 1 is 1.50 bits per heavy atom. The second-order valence-electron chi connectivity index (χ2n) is 5.47. The van der Waals surface area contributed by atoms with Crippen LogP contribution in [0.2, 0.25) is 0 Å². The van der Waals surface area contributed by atoms with Crippen LogP contribution in [0.15, 0.2) is 17.2 Å². The summed E-state index contributed by atoms with van der Waals surface area (Å²) in [5.74, 6) is 1.04. The molecule has 106 valence electrons. The van der Waals surface area contributed by atoms with Gasteiger partial charge in [-0.25, -0.2) is 19.3 Å². The molecule has 2 aromatic heterocycles. The van der Waals surface area contributed by atoms with E-state index in [1.807, 2.05) is 6.92 Å². The van der Waals surface area contributed by atoms with E-state index < -0.39 is 0 Å². The highest BCUT2D eigenvalue weighted by molar-refractivity contribution is 5.83. The maximum Gasteiger partial charge on any atom is 0.348 e. The van der Waals surface area contributed by atoms with Crippen molar-refractivity contribution in [3.8, 4) is 0 Å². The molecule has 0 bridgehead atoms. The molecule has 1 saturated heterocycles. The number of piperidine rings is 1. The summed E-state index contributed by atoms with van der Waals surface area (Å²) in [6.45, 7) is 3.60. The number of amidine groups is 1. The summed E-state index contributed by atoms with van der Waals surface area (Å²) >= 11 is 0. The number of anilines is 1. The Morgan fingerprint density at radius 3 is 2.85 bits per heavy atom. The third-order valence-electron chi connectivity index (χ3n) is 4.14. The topological polar surface area (TPSA) is 116 Å². The molecule has 20 heavy (non-hydrogen) atoms. The molecule has 1 aliphatic rings. The minimum absolute atomic E-state index is 0.218. The van der Waals surface area contributed by atoms with Gasteiger partial charge >= 0.3 is 5.69 Å². The van der Waals surface area contributed by atoms with Gasteiger partial charge in [0.05, 0.1) is 5.84 Å². The van der Waals surface area contributed by atoms with Crippen LogP contribution in [0, 0.1) is 10.8 Å². The molecule has 0 saturated carbocycles. The van der Waals surface area contributed by atoms with E-state index in [-0.39, 0.29) is 16.9 Å². The second kappa shape index (κ2) is 4.32. The van der Waals surface area contributed by atoms with Crippen molar-refractivity contribution in [3.05, 3.63) is 22.9 Å². The Hall–Kier alpha value is -2.38. The first-order chi connectivity index (χ1) is 9.49. The average Bonchev–Trinajstić information content (AvgIpc) is 2.81. The molecule has 0 atom stereocenters. The molecule has 3 heterocycles. The van der Waals surface area contributed by atoms with Gasteiger partial charge in [-0.2, -0.15) is 5.10 Å². The normalized spacial score (nSPS) is 18.4. The third kappa shape index (κ3) is 1.93. The molecular weight excluding hydrogens is 258 g/mol. The Balaban J connectivity index is 1.83. The van der Waals surface area contributed by atoms with Crippen molar-refractivity contribution in [2.45, 2.75) is 19.8 Å². The van der Waals surface area contributed by atoms with E-state index in [0.29, 0.717) is 5.65 Å². The van der Waals surface area contributed by atoms with Gasteiger partial charge < -0.3 is 10.6 Å². The minimum atomic E-state index is -0.290. The Labute approximate surface area is 115 Å². The van der Waals surface area contributed by atoms with Gasteiger partial charge in [-0.3, -0.25) is 5.41 Å². The van der Waals surface area contributed by atoms with Gasteiger partial charge in [-0.15, -0.1) is 0 Å². The summed E-state index contributed by atoms with van der Waals surface area (Å²) in [6.07, 6.45) is 3.13. The molecule has 4 N–H and O–H groups in total. The van der Waals surface area contributed by atoms with Crippen LogP contribution in [0.5, 0.6) is 0 Å². The van der Waals surface area contributed by atoms with Gasteiger partial charge in [0.25, 0.3) is 0 Å². The van der Waals surface area contributed by atoms with Crippen molar-refractivity contribution in [2.75, 3.05) is 18.0 Å². The summed E-state index contributed by atoms with van der Waals surface area (Å²) in [5, 5.41) is 14.0. The number of aromatic amines is 1. The maximum atomic E-state index is 11.4. The molecule has 1 fully saturated rings. The predicted molar refractivity (Wildman–Crippen MR) is 75.1 cm³/mol. The maximum absolute atomic E-state index is 11.4. The van der Waals surface area contributed by atoms with E-state index in [4.69, 9.17) is 11.1 Å². The number of rotatable bonds is 2. The fourth-order valence-electron chi connectivity index (χ4n) is 2.47. The Bertz CT molecular complexity index is 708. The molecule has 0 aromatic carbocycles. The van der Waals surface area contributed by atoms with Crippen LogP contribution in [0.4, 0.5) is 5.82 Å². The van der Waals surface area contributed by atoms with Crippen molar-refractivity contribution >= 4 is 17.3 Å². The van der Waals surface area contributed by atoms with Gasteiger partial charge in [0.2, 0.25) is 0 Å². The standard InChI is InChI=1S/C12H17N7O/c1-12(10(13)14)2-4-18(5-3-12)8-6-9-16-17-11(20)19(9)7-15-8/h6-7H,2-5H2,1H3,(H3,13,14)(H,17,20). The summed E-state index contributed by atoms with van der Waals surface area (Å²) in [6, 6.07) is 1.79. The van der Waals surface area contributed by atoms with Crippen LogP contribution < -0.4 is 16.3 Å². The molecule has 0 radical (unpaired) electrons. The molecule has 0 amide bonds. The van der Waals surface area contributed by atoms with E-state index >= 15 is 0 Å². The van der Waals surface area contributed by atoms with Gasteiger partial charge in [0, 0.05) is 24.6 Å². The Morgan fingerprint density at radius 2 is 2.20 bits per heavy atom. The number of H-pyrrole nitrogens is 1. The zero-order valence-corrected chi connectivity index (χ0v) is 11.3. The van der Waals surface area contributed by atoms with Gasteiger partial charge in [-0.05, 0) is 12.8 Å². The smallest absolute Gasteiger partial charge is 0.348 e. The van der Waals surface area contributed by atoms with Crippen molar-refractivity contribution in [3.63, 3.8) is 0 Å². The molecule has 2 aromatic rings. The lowest BCUT2D eigenvalue weighted by Crippen LogP contribution is -2.45. The van der Waals surface area contributed by atoms with Crippen LogP contribution in [0.1, 0.15) is 19.8 Å². The van der Waals surface area contributed by atoms with Gasteiger partial charge in [0.1, 0.15) is 12.1 Å². The zero-order valence-electron chi connectivity index (χ0n) is 11.3. The summed E-state index contributed by atoms with van der Waals surface area (Å²) in [7, 11) is 0. The lowest BCUT2D eigenvalue weighted by molar-refractivity contribution is 0.350. The van der Waals surface area contributed by atoms with Crippen LogP contribution in [-0.2, 0) is 0 Å². The van der Waals surface area contributed by atoms with E-state index in [0.717, 1.165) is 31.7 Å². The summed E-state index contributed by atoms with van der Waals surface area (Å²) in [5.41, 5.74) is 5.71.